The van der Waals surface area contributed by atoms with Crippen molar-refractivity contribution in [1.82, 2.24) is 4.90 Å². The Morgan fingerprint density at radius 2 is 2.00 bits per heavy atom. The van der Waals surface area contributed by atoms with Gasteiger partial charge in [-0.25, -0.2) is 0 Å². The van der Waals surface area contributed by atoms with Crippen molar-refractivity contribution in [2.45, 2.75) is 33.3 Å². The van der Waals surface area contributed by atoms with Gasteiger partial charge in [-0.15, -0.1) is 0 Å². The molecule has 0 saturated carbocycles. The third kappa shape index (κ3) is 6.42. The Labute approximate surface area is 192 Å². The van der Waals surface area contributed by atoms with Crippen molar-refractivity contribution in [3.8, 4) is 5.75 Å². The van der Waals surface area contributed by atoms with Crippen molar-refractivity contribution in [2.24, 2.45) is 0 Å². The molecule has 1 aliphatic heterocycles. The number of thiocarbonyl (C=S) groups is 1. The molecule has 2 aromatic rings. The average Bonchev–Trinajstić information content (AvgIpc) is 3.01. The van der Waals surface area contributed by atoms with E-state index in [9.17, 15) is 9.59 Å². The van der Waals surface area contributed by atoms with Crippen molar-refractivity contribution in [2.75, 3.05) is 13.2 Å². The van der Waals surface area contributed by atoms with Crippen molar-refractivity contribution in [1.29, 1.82) is 0 Å². The topological polar surface area (TPSA) is 55.8 Å². The molecule has 0 atom stereocenters. The Morgan fingerprint density at radius 3 is 2.77 bits per heavy atom. The second kappa shape index (κ2) is 11.1. The number of amides is 1. The van der Waals surface area contributed by atoms with Crippen LogP contribution in [0.25, 0.3) is 6.08 Å². The molecule has 5 nitrogen and oxygen atoms in total. The summed E-state index contributed by atoms with van der Waals surface area (Å²) in [6.45, 7) is 5.08. The first kappa shape index (κ1) is 23.0. The molecule has 31 heavy (non-hydrogen) atoms. The molecule has 0 N–H and O–H groups in total. The molecule has 162 valence electrons. The SMILES string of the molecule is CCOC(=O)CCCN1C(=O)/C(=C\c2cccc(OCc3ccccc3C)c2)SC1=S. The highest BCUT2D eigenvalue weighted by atomic mass is 32.2. The van der Waals surface area contributed by atoms with Gasteiger partial charge in [0.15, 0.2) is 0 Å². The molecular formula is C24H25NO4S2. The maximum Gasteiger partial charge on any atom is 0.305 e. The molecule has 1 amide bonds. The summed E-state index contributed by atoms with van der Waals surface area (Å²) in [6, 6.07) is 15.7. The summed E-state index contributed by atoms with van der Waals surface area (Å²) in [5, 5.41) is 0. The smallest absolute Gasteiger partial charge is 0.305 e. The van der Waals surface area contributed by atoms with E-state index in [1.165, 1.54) is 17.3 Å². The number of aryl methyl sites for hydroxylation is 1. The molecular weight excluding hydrogens is 430 g/mol. The number of ether oxygens (including phenoxy) is 2. The lowest BCUT2D eigenvalue weighted by Gasteiger charge is -2.13. The summed E-state index contributed by atoms with van der Waals surface area (Å²) < 4.78 is 11.4. The van der Waals surface area contributed by atoms with E-state index in [1.807, 2.05) is 48.5 Å². The van der Waals surface area contributed by atoms with E-state index < -0.39 is 0 Å². The fraction of sp³-hybridized carbons (Fsp3) is 0.292. The van der Waals surface area contributed by atoms with Gasteiger partial charge in [0.25, 0.3) is 5.91 Å². The van der Waals surface area contributed by atoms with Crippen LogP contribution in [0.15, 0.2) is 53.4 Å². The summed E-state index contributed by atoms with van der Waals surface area (Å²) >= 11 is 6.64. The molecule has 0 radical (unpaired) electrons. The highest BCUT2D eigenvalue weighted by Crippen LogP contribution is 2.33. The van der Waals surface area contributed by atoms with Crippen molar-refractivity contribution in [3.05, 3.63) is 70.1 Å². The molecule has 0 bridgehead atoms. The molecule has 0 spiro atoms. The number of carbonyl (C=O) groups is 2. The van der Waals surface area contributed by atoms with E-state index in [4.69, 9.17) is 21.7 Å². The second-order valence-electron chi connectivity index (χ2n) is 7.03. The van der Waals surface area contributed by atoms with Gasteiger partial charge in [-0.1, -0.05) is 60.4 Å². The molecule has 1 heterocycles. The Morgan fingerprint density at radius 1 is 1.19 bits per heavy atom. The number of benzene rings is 2. The quantitative estimate of drug-likeness (QED) is 0.297. The van der Waals surface area contributed by atoms with Crippen LogP contribution in [0, 0.1) is 6.92 Å². The molecule has 1 aliphatic rings. The van der Waals surface area contributed by atoms with E-state index in [-0.39, 0.29) is 18.3 Å². The number of hydrogen-bond acceptors (Lipinski definition) is 6. The average molecular weight is 456 g/mol. The zero-order chi connectivity index (χ0) is 22.2. The van der Waals surface area contributed by atoms with E-state index >= 15 is 0 Å². The third-order valence-electron chi connectivity index (χ3n) is 4.75. The van der Waals surface area contributed by atoms with Crippen LogP contribution in [-0.2, 0) is 20.9 Å². The van der Waals surface area contributed by atoms with Crippen LogP contribution < -0.4 is 4.74 Å². The predicted octanol–water partition coefficient (Wildman–Crippen LogP) is 5.12. The zero-order valence-corrected chi connectivity index (χ0v) is 19.3. The number of thioether (sulfide) groups is 1. The van der Waals surface area contributed by atoms with Gasteiger partial charge in [-0.2, -0.15) is 0 Å². The van der Waals surface area contributed by atoms with Crippen molar-refractivity contribution in [3.63, 3.8) is 0 Å². The number of hydrogen-bond donors (Lipinski definition) is 0. The molecule has 0 unspecified atom stereocenters. The summed E-state index contributed by atoms with van der Waals surface area (Å²) in [7, 11) is 0. The maximum absolute atomic E-state index is 12.8. The monoisotopic (exact) mass is 455 g/mol. The van der Waals surface area contributed by atoms with Gasteiger partial charge in [0.2, 0.25) is 0 Å². The predicted molar refractivity (Wildman–Crippen MR) is 128 cm³/mol. The molecule has 2 aromatic carbocycles. The van der Waals surface area contributed by atoms with Gasteiger partial charge in [-0.05, 0) is 55.2 Å². The summed E-state index contributed by atoms with van der Waals surface area (Å²) in [4.78, 5) is 26.4. The van der Waals surface area contributed by atoms with E-state index in [2.05, 4.69) is 13.0 Å². The number of nitrogens with zero attached hydrogens (tertiary/aromatic N) is 1. The molecule has 3 rings (SSSR count). The Bertz CT molecular complexity index is 1000. The van der Waals surface area contributed by atoms with Gasteiger partial charge in [0, 0.05) is 13.0 Å². The highest BCUT2D eigenvalue weighted by molar-refractivity contribution is 8.26. The minimum absolute atomic E-state index is 0.134. The summed E-state index contributed by atoms with van der Waals surface area (Å²) in [6.07, 6.45) is 2.61. The second-order valence-corrected chi connectivity index (χ2v) is 8.71. The Balaban J connectivity index is 1.61. The zero-order valence-electron chi connectivity index (χ0n) is 17.6. The molecule has 7 heteroatoms. The van der Waals surface area contributed by atoms with Gasteiger partial charge in [-0.3, -0.25) is 14.5 Å². The minimum atomic E-state index is -0.258. The Kier molecular flexibility index (Phi) is 8.26. The summed E-state index contributed by atoms with van der Waals surface area (Å²) in [5.41, 5.74) is 3.19. The van der Waals surface area contributed by atoms with E-state index in [0.717, 1.165) is 16.9 Å². The fourth-order valence-electron chi connectivity index (χ4n) is 3.09. The van der Waals surface area contributed by atoms with Crippen LogP contribution >= 0.6 is 24.0 Å². The molecule has 1 saturated heterocycles. The van der Waals surface area contributed by atoms with Crippen molar-refractivity contribution < 1.29 is 19.1 Å². The number of rotatable bonds is 9. The molecule has 1 fully saturated rings. The first-order chi connectivity index (χ1) is 15.0. The summed E-state index contributed by atoms with van der Waals surface area (Å²) in [5.74, 6) is 0.345. The third-order valence-corrected chi connectivity index (χ3v) is 6.13. The highest BCUT2D eigenvalue weighted by Gasteiger charge is 2.31. The van der Waals surface area contributed by atoms with E-state index in [1.54, 1.807) is 11.8 Å². The maximum atomic E-state index is 12.8. The molecule has 0 aliphatic carbocycles. The number of esters is 1. The van der Waals surface area contributed by atoms with Gasteiger partial charge in [0.05, 0.1) is 11.5 Å². The van der Waals surface area contributed by atoms with Gasteiger partial charge >= 0.3 is 5.97 Å². The lowest BCUT2D eigenvalue weighted by Crippen LogP contribution is -2.29. The number of carbonyl (C=O) groups excluding carboxylic acids is 2. The van der Waals surface area contributed by atoms with Crippen LogP contribution in [0.1, 0.15) is 36.5 Å². The van der Waals surface area contributed by atoms with Crippen molar-refractivity contribution >= 4 is 46.3 Å². The first-order valence-electron chi connectivity index (χ1n) is 10.2. The van der Waals surface area contributed by atoms with Crippen LogP contribution in [0.2, 0.25) is 0 Å². The first-order valence-corrected chi connectivity index (χ1v) is 11.4. The molecule has 0 aromatic heterocycles. The minimum Gasteiger partial charge on any atom is -0.489 e. The normalized spacial score (nSPS) is 14.9. The van der Waals surface area contributed by atoms with Crippen LogP contribution in [-0.4, -0.2) is 34.2 Å². The van der Waals surface area contributed by atoms with Gasteiger partial charge in [0.1, 0.15) is 16.7 Å². The lowest BCUT2D eigenvalue weighted by atomic mass is 10.1. The van der Waals surface area contributed by atoms with Gasteiger partial charge < -0.3 is 9.47 Å². The van der Waals surface area contributed by atoms with E-state index in [0.29, 0.717) is 35.4 Å². The van der Waals surface area contributed by atoms with Crippen LogP contribution in [0.3, 0.4) is 0 Å². The fourth-order valence-corrected chi connectivity index (χ4v) is 4.39. The standard InChI is InChI=1S/C24H25NO4S2/c1-3-28-22(26)12-7-13-25-23(27)21(31-24(25)30)15-18-9-6-11-20(14-18)29-16-19-10-5-4-8-17(19)2/h4-6,8-11,14-15H,3,7,12-13,16H2,1-2H3/b21-15+. The largest absolute Gasteiger partial charge is 0.489 e. The lowest BCUT2D eigenvalue weighted by molar-refractivity contribution is -0.143. The Hall–Kier alpha value is -2.64. The van der Waals surface area contributed by atoms with Crippen LogP contribution in [0.5, 0.6) is 5.75 Å². The van der Waals surface area contributed by atoms with Crippen LogP contribution in [0.4, 0.5) is 0 Å².